The van der Waals surface area contributed by atoms with Crippen molar-refractivity contribution in [2.75, 3.05) is 11.9 Å². The van der Waals surface area contributed by atoms with Crippen molar-refractivity contribution in [2.45, 2.75) is 19.9 Å². The maximum Gasteiger partial charge on any atom is 0.228 e. The molecular weight excluding hydrogens is 352 g/mol. The van der Waals surface area contributed by atoms with E-state index in [1.807, 2.05) is 25.1 Å². The van der Waals surface area contributed by atoms with Gasteiger partial charge in [0.25, 0.3) is 0 Å². The number of amides is 2. The van der Waals surface area contributed by atoms with Gasteiger partial charge in [0.2, 0.25) is 11.8 Å². The van der Waals surface area contributed by atoms with Gasteiger partial charge < -0.3 is 15.4 Å². The molecule has 2 aromatic rings. The number of anilines is 1. The summed E-state index contributed by atoms with van der Waals surface area (Å²) in [6.45, 7) is 2.88. The molecule has 26 heavy (non-hydrogen) atoms. The maximum atomic E-state index is 12.3. The van der Waals surface area contributed by atoms with Crippen LogP contribution < -0.4 is 15.4 Å². The first kappa shape index (κ1) is 18.3. The van der Waals surface area contributed by atoms with Crippen molar-refractivity contribution in [1.29, 1.82) is 0 Å². The van der Waals surface area contributed by atoms with E-state index in [1.165, 1.54) is 0 Å². The molecule has 0 heterocycles. The monoisotopic (exact) mass is 372 g/mol. The second kappa shape index (κ2) is 8.23. The van der Waals surface area contributed by atoms with Crippen LogP contribution in [0, 0.1) is 11.8 Å². The summed E-state index contributed by atoms with van der Waals surface area (Å²) in [7, 11) is 0. The van der Waals surface area contributed by atoms with Gasteiger partial charge in [0.05, 0.1) is 18.4 Å². The van der Waals surface area contributed by atoms with Crippen LogP contribution in [0.15, 0.2) is 48.5 Å². The van der Waals surface area contributed by atoms with Gasteiger partial charge in [-0.15, -0.1) is 0 Å². The average molecular weight is 373 g/mol. The average Bonchev–Trinajstić information content (AvgIpc) is 3.44. The first-order valence-electron chi connectivity index (χ1n) is 8.63. The molecule has 3 rings (SSSR count). The summed E-state index contributed by atoms with van der Waals surface area (Å²) in [5.41, 5.74) is 1.55. The van der Waals surface area contributed by atoms with Gasteiger partial charge in [-0.05, 0) is 49.2 Å². The van der Waals surface area contributed by atoms with Gasteiger partial charge in [-0.25, -0.2) is 0 Å². The van der Waals surface area contributed by atoms with Crippen LogP contribution in [-0.2, 0) is 16.1 Å². The lowest BCUT2D eigenvalue weighted by molar-refractivity contribution is -0.125. The first-order chi connectivity index (χ1) is 12.6. The lowest BCUT2D eigenvalue weighted by Crippen LogP contribution is -2.27. The Morgan fingerprint density at radius 2 is 1.77 bits per heavy atom. The highest BCUT2D eigenvalue weighted by molar-refractivity contribution is 6.31. The fraction of sp³-hybridized carbons (Fsp3) is 0.300. The topological polar surface area (TPSA) is 67.4 Å². The Morgan fingerprint density at radius 3 is 2.46 bits per heavy atom. The van der Waals surface area contributed by atoms with Gasteiger partial charge in [-0.2, -0.15) is 0 Å². The highest BCUT2D eigenvalue weighted by Crippen LogP contribution is 2.39. The molecule has 0 radical (unpaired) electrons. The van der Waals surface area contributed by atoms with E-state index in [0.29, 0.717) is 30.3 Å². The molecule has 0 aromatic heterocycles. The molecule has 2 aromatic carbocycles. The zero-order valence-electron chi connectivity index (χ0n) is 14.5. The molecule has 1 saturated carbocycles. The summed E-state index contributed by atoms with van der Waals surface area (Å²) < 4.78 is 5.37. The van der Waals surface area contributed by atoms with Crippen LogP contribution in [0.2, 0.25) is 5.02 Å². The number of carbonyl (C=O) groups is 2. The molecule has 0 bridgehead atoms. The molecule has 0 saturated heterocycles. The third-order valence-electron chi connectivity index (χ3n) is 4.31. The number of halogens is 1. The van der Waals surface area contributed by atoms with Crippen molar-refractivity contribution in [2.24, 2.45) is 11.8 Å². The number of hydrogen-bond donors (Lipinski definition) is 2. The number of hydrogen-bond acceptors (Lipinski definition) is 3. The van der Waals surface area contributed by atoms with Gasteiger partial charge in [-0.1, -0.05) is 29.8 Å². The van der Waals surface area contributed by atoms with Crippen molar-refractivity contribution in [3.8, 4) is 5.75 Å². The van der Waals surface area contributed by atoms with E-state index in [0.717, 1.165) is 11.3 Å². The lowest BCUT2D eigenvalue weighted by atomic mass is 10.2. The molecule has 0 aliphatic heterocycles. The Balaban J connectivity index is 1.47. The largest absolute Gasteiger partial charge is 0.494 e. The van der Waals surface area contributed by atoms with Crippen LogP contribution in [0.4, 0.5) is 5.69 Å². The van der Waals surface area contributed by atoms with Crippen LogP contribution in [0.5, 0.6) is 5.75 Å². The van der Waals surface area contributed by atoms with E-state index in [4.69, 9.17) is 16.3 Å². The summed E-state index contributed by atoms with van der Waals surface area (Å²) >= 11 is 6.08. The summed E-state index contributed by atoms with van der Waals surface area (Å²) in [5.74, 6) is -0.0504. The maximum absolute atomic E-state index is 12.3. The molecule has 2 atom stereocenters. The van der Waals surface area contributed by atoms with E-state index >= 15 is 0 Å². The smallest absolute Gasteiger partial charge is 0.228 e. The second-order valence-corrected chi connectivity index (χ2v) is 6.61. The van der Waals surface area contributed by atoms with Crippen molar-refractivity contribution >= 4 is 29.1 Å². The third-order valence-corrected chi connectivity index (χ3v) is 4.68. The normalized spacial score (nSPS) is 18.1. The third kappa shape index (κ3) is 4.55. The molecule has 2 N–H and O–H groups in total. The molecule has 1 aliphatic carbocycles. The highest BCUT2D eigenvalue weighted by atomic mass is 35.5. The van der Waals surface area contributed by atoms with Crippen LogP contribution in [0.3, 0.4) is 0 Å². The molecule has 0 spiro atoms. The number of ether oxygens (including phenoxy) is 1. The minimum atomic E-state index is -0.284. The lowest BCUT2D eigenvalue weighted by Gasteiger charge is -2.08. The molecule has 2 unspecified atom stereocenters. The molecule has 136 valence electrons. The zero-order chi connectivity index (χ0) is 18.5. The number of rotatable bonds is 7. The standard InChI is InChI=1S/C20H21ClN2O3/c1-2-26-15-9-7-14(8-10-15)23-20(25)17-11-16(17)19(24)22-12-13-5-3-4-6-18(13)21/h3-10,16-17H,2,11-12H2,1H3,(H,22,24)(H,23,25). The van der Waals surface area contributed by atoms with Crippen LogP contribution >= 0.6 is 11.6 Å². The molecule has 2 amide bonds. The number of benzene rings is 2. The Morgan fingerprint density at radius 1 is 1.08 bits per heavy atom. The van der Waals surface area contributed by atoms with Crippen molar-refractivity contribution < 1.29 is 14.3 Å². The van der Waals surface area contributed by atoms with Gasteiger partial charge in [0, 0.05) is 17.3 Å². The van der Waals surface area contributed by atoms with Gasteiger partial charge in [0.1, 0.15) is 5.75 Å². The Labute approximate surface area is 157 Å². The molecule has 6 heteroatoms. The molecular formula is C20H21ClN2O3. The molecule has 1 fully saturated rings. The summed E-state index contributed by atoms with van der Waals surface area (Å²) in [4.78, 5) is 24.5. The summed E-state index contributed by atoms with van der Waals surface area (Å²) in [6, 6.07) is 14.6. The number of carbonyl (C=O) groups excluding carboxylic acids is 2. The quantitative estimate of drug-likeness (QED) is 0.779. The van der Waals surface area contributed by atoms with Gasteiger partial charge in [-0.3, -0.25) is 9.59 Å². The Bertz CT molecular complexity index is 792. The van der Waals surface area contributed by atoms with E-state index in [2.05, 4.69) is 10.6 Å². The van der Waals surface area contributed by atoms with Gasteiger partial charge in [0.15, 0.2) is 0 Å². The van der Waals surface area contributed by atoms with Crippen molar-refractivity contribution in [1.82, 2.24) is 5.32 Å². The van der Waals surface area contributed by atoms with E-state index in [9.17, 15) is 9.59 Å². The van der Waals surface area contributed by atoms with Crippen molar-refractivity contribution in [3.05, 3.63) is 59.1 Å². The van der Waals surface area contributed by atoms with E-state index in [-0.39, 0.29) is 23.7 Å². The summed E-state index contributed by atoms with van der Waals surface area (Å²) in [6.07, 6.45) is 0.567. The van der Waals surface area contributed by atoms with Gasteiger partial charge >= 0.3 is 0 Å². The predicted molar refractivity (Wildman–Crippen MR) is 101 cm³/mol. The minimum absolute atomic E-state index is 0.114. The zero-order valence-corrected chi connectivity index (χ0v) is 15.3. The minimum Gasteiger partial charge on any atom is -0.494 e. The predicted octanol–water partition coefficient (Wildman–Crippen LogP) is 3.63. The van der Waals surface area contributed by atoms with Crippen LogP contribution in [-0.4, -0.2) is 18.4 Å². The van der Waals surface area contributed by atoms with Crippen LogP contribution in [0.25, 0.3) is 0 Å². The van der Waals surface area contributed by atoms with Crippen molar-refractivity contribution in [3.63, 3.8) is 0 Å². The number of nitrogens with one attached hydrogen (secondary N) is 2. The second-order valence-electron chi connectivity index (χ2n) is 6.20. The van der Waals surface area contributed by atoms with Crippen LogP contribution in [0.1, 0.15) is 18.9 Å². The fourth-order valence-electron chi connectivity index (χ4n) is 2.77. The first-order valence-corrected chi connectivity index (χ1v) is 9.01. The SMILES string of the molecule is CCOc1ccc(NC(=O)C2CC2C(=O)NCc2ccccc2Cl)cc1. The molecule has 1 aliphatic rings. The van der Waals surface area contributed by atoms with E-state index in [1.54, 1.807) is 30.3 Å². The molecule has 5 nitrogen and oxygen atoms in total. The fourth-order valence-corrected chi connectivity index (χ4v) is 2.97. The Hall–Kier alpha value is -2.53. The summed E-state index contributed by atoms with van der Waals surface area (Å²) in [5, 5.41) is 6.32. The highest BCUT2D eigenvalue weighted by Gasteiger charge is 2.47. The van der Waals surface area contributed by atoms with E-state index < -0.39 is 0 Å². The Kier molecular flexibility index (Phi) is 5.78.